The number of H-pyrrole nitrogens is 1. The zero-order valence-corrected chi connectivity index (χ0v) is 9.66. The highest BCUT2D eigenvalue weighted by Crippen LogP contribution is 2.35. The predicted octanol–water partition coefficient (Wildman–Crippen LogP) is 1.61. The number of aromatic amines is 1. The molecule has 0 aliphatic carbocycles. The van der Waals surface area contributed by atoms with E-state index in [1.807, 2.05) is 0 Å². The normalized spacial score (nSPS) is 16.3. The van der Waals surface area contributed by atoms with Crippen LogP contribution in [0.15, 0.2) is 0 Å². The van der Waals surface area contributed by atoms with Crippen LogP contribution in [0.25, 0.3) is 0 Å². The maximum atomic E-state index is 10.9. The van der Waals surface area contributed by atoms with Crippen LogP contribution in [-0.4, -0.2) is 33.1 Å². The predicted molar refractivity (Wildman–Crippen MR) is 62.6 cm³/mol. The summed E-state index contributed by atoms with van der Waals surface area (Å²) in [6, 6.07) is 0. The molecule has 1 saturated heterocycles. The molecule has 0 amide bonds. The topological polar surface area (TPSA) is 118 Å². The molecule has 1 aliphatic heterocycles. The van der Waals surface area contributed by atoms with Gasteiger partial charge in [0.25, 0.3) is 0 Å². The zero-order chi connectivity index (χ0) is 13.1. The Hall–Kier alpha value is -2.19. The zero-order valence-electron chi connectivity index (χ0n) is 9.66. The first-order valence-electron chi connectivity index (χ1n) is 5.73. The highest BCUT2D eigenvalue weighted by molar-refractivity contribution is 5.69. The molecule has 1 fully saturated rings. The molecule has 18 heavy (non-hydrogen) atoms. The van der Waals surface area contributed by atoms with Gasteiger partial charge < -0.3 is 25.1 Å². The first-order valence-corrected chi connectivity index (χ1v) is 5.73. The Bertz CT molecular complexity index is 432. The van der Waals surface area contributed by atoms with Gasteiger partial charge in [-0.05, 0) is 27.8 Å². The van der Waals surface area contributed by atoms with Crippen molar-refractivity contribution in [2.45, 2.75) is 25.7 Å². The number of hydrogen-bond acceptors (Lipinski definition) is 6. The van der Waals surface area contributed by atoms with Gasteiger partial charge in [-0.15, -0.1) is 0 Å². The van der Waals surface area contributed by atoms with E-state index in [1.165, 1.54) is 0 Å². The summed E-state index contributed by atoms with van der Waals surface area (Å²) < 4.78 is 0. The lowest BCUT2D eigenvalue weighted by atomic mass is 10.2. The minimum absolute atomic E-state index is 0.00639. The van der Waals surface area contributed by atoms with Crippen LogP contribution >= 0.6 is 0 Å². The molecule has 0 atom stereocenters. The van der Waals surface area contributed by atoms with Gasteiger partial charge >= 0.3 is 11.6 Å². The quantitative estimate of drug-likeness (QED) is 0.647. The van der Waals surface area contributed by atoms with E-state index in [-0.39, 0.29) is 5.69 Å². The maximum Gasteiger partial charge on any atom is 0.443 e. The summed E-state index contributed by atoms with van der Waals surface area (Å²) in [6.45, 7) is 1.17. The molecule has 2 heterocycles. The van der Waals surface area contributed by atoms with E-state index in [0.29, 0.717) is 13.1 Å². The number of aromatic nitrogens is 2. The van der Waals surface area contributed by atoms with Crippen molar-refractivity contribution in [3.63, 3.8) is 0 Å². The lowest BCUT2D eigenvalue weighted by Crippen LogP contribution is -2.25. The van der Waals surface area contributed by atoms with Crippen molar-refractivity contribution in [1.29, 1.82) is 0 Å². The highest BCUT2D eigenvalue weighted by atomic mass is 16.6. The molecule has 9 heteroatoms. The Balaban J connectivity index is 2.41. The maximum absolute atomic E-state index is 10.9. The highest BCUT2D eigenvalue weighted by Gasteiger charge is 2.35. The van der Waals surface area contributed by atoms with Crippen LogP contribution in [0.4, 0.5) is 17.3 Å². The molecule has 98 valence electrons. The van der Waals surface area contributed by atoms with Gasteiger partial charge in [0.15, 0.2) is 0 Å². The van der Waals surface area contributed by atoms with Gasteiger partial charge in [-0.1, -0.05) is 12.8 Å². The Labute approximate surface area is 102 Å². The first kappa shape index (κ1) is 12.3. The van der Waals surface area contributed by atoms with Crippen molar-refractivity contribution in [3.8, 4) is 0 Å². The molecule has 0 bridgehead atoms. The minimum atomic E-state index is -0.691. The van der Waals surface area contributed by atoms with E-state index in [2.05, 4.69) is 10.2 Å². The van der Waals surface area contributed by atoms with Crippen LogP contribution in [0.1, 0.15) is 25.7 Å². The molecule has 1 N–H and O–H groups in total. The van der Waals surface area contributed by atoms with Gasteiger partial charge in [-0.25, -0.2) is 0 Å². The van der Waals surface area contributed by atoms with Gasteiger partial charge in [-0.2, -0.15) is 0 Å². The number of hydrogen-bond donors (Lipinski definition) is 1. The molecule has 0 spiro atoms. The molecule has 0 radical (unpaired) electrons. The van der Waals surface area contributed by atoms with Crippen LogP contribution in [-0.2, 0) is 0 Å². The van der Waals surface area contributed by atoms with Gasteiger partial charge in [-0.3, -0.25) is 0 Å². The number of nitro groups is 2. The summed E-state index contributed by atoms with van der Waals surface area (Å²) >= 11 is 0. The molecule has 0 saturated carbocycles. The molecule has 1 aromatic heterocycles. The Morgan fingerprint density at radius 2 is 1.67 bits per heavy atom. The third-order valence-corrected chi connectivity index (χ3v) is 2.98. The van der Waals surface area contributed by atoms with Gasteiger partial charge in [0.1, 0.15) is 5.10 Å². The van der Waals surface area contributed by atoms with Crippen LogP contribution in [0, 0.1) is 20.2 Å². The second-order valence-corrected chi connectivity index (χ2v) is 4.16. The van der Waals surface area contributed by atoms with Crippen molar-refractivity contribution in [2.75, 3.05) is 18.0 Å². The molecular formula is C9H13N5O4. The summed E-state index contributed by atoms with van der Waals surface area (Å²) in [4.78, 5) is 22.1. The van der Waals surface area contributed by atoms with Gasteiger partial charge in [0, 0.05) is 13.1 Å². The summed E-state index contributed by atoms with van der Waals surface area (Å²) in [6.07, 6.45) is 3.82. The second-order valence-electron chi connectivity index (χ2n) is 4.16. The molecule has 1 aliphatic rings. The standard InChI is InChI=1S/C9H13N5O4/c15-13(16)8-7(9(11-10-8)14(17)18)12-5-3-1-2-4-6-12/h1-6H2,(H,10,11). The first-order chi connectivity index (χ1) is 8.61. The van der Waals surface area contributed by atoms with E-state index in [0.717, 1.165) is 25.7 Å². The fourth-order valence-corrected chi connectivity index (χ4v) is 2.16. The van der Waals surface area contributed by atoms with E-state index in [1.54, 1.807) is 4.90 Å². The van der Waals surface area contributed by atoms with Gasteiger partial charge in [0.05, 0.1) is 0 Å². The Morgan fingerprint density at radius 3 is 2.17 bits per heavy atom. The third-order valence-electron chi connectivity index (χ3n) is 2.98. The summed E-state index contributed by atoms with van der Waals surface area (Å²) in [5.41, 5.74) is 0.00639. The monoisotopic (exact) mass is 255 g/mol. The number of rotatable bonds is 3. The number of anilines is 1. The Morgan fingerprint density at radius 1 is 1.06 bits per heavy atom. The molecular weight excluding hydrogens is 242 g/mol. The fraction of sp³-hybridized carbons (Fsp3) is 0.667. The summed E-state index contributed by atoms with van der Waals surface area (Å²) in [5, 5.41) is 27.3. The SMILES string of the molecule is O=[N+]([O-])c1n[nH]c([N+](=O)[O-])c1N1CCCCCC1. The van der Waals surface area contributed by atoms with Crippen molar-refractivity contribution < 1.29 is 9.85 Å². The molecule has 0 unspecified atom stereocenters. The number of nitrogens with one attached hydrogen (secondary N) is 1. The molecule has 2 rings (SSSR count). The van der Waals surface area contributed by atoms with Crippen LogP contribution < -0.4 is 4.90 Å². The van der Waals surface area contributed by atoms with Crippen LogP contribution in [0.3, 0.4) is 0 Å². The second kappa shape index (κ2) is 4.98. The summed E-state index contributed by atoms with van der Waals surface area (Å²) in [7, 11) is 0. The average molecular weight is 255 g/mol. The minimum Gasteiger partial charge on any atom is -0.358 e. The van der Waals surface area contributed by atoms with Crippen LogP contribution in [0.2, 0.25) is 0 Å². The van der Waals surface area contributed by atoms with E-state index in [4.69, 9.17) is 0 Å². The lowest BCUT2D eigenvalue weighted by molar-refractivity contribution is -0.392. The van der Waals surface area contributed by atoms with Crippen LogP contribution in [0.5, 0.6) is 0 Å². The largest absolute Gasteiger partial charge is 0.443 e. The van der Waals surface area contributed by atoms with Crippen molar-refractivity contribution >= 4 is 17.3 Å². The van der Waals surface area contributed by atoms with E-state index >= 15 is 0 Å². The average Bonchev–Trinajstić information content (AvgIpc) is 2.59. The molecule has 9 nitrogen and oxygen atoms in total. The smallest absolute Gasteiger partial charge is 0.358 e. The van der Waals surface area contributed by atoms with Crippen molar-refractivity contribution in [1.82, 2.24) is 10.2 Å². The number of nitrogens with zero attached hydrogens (tertiary/aromatic N) is 4. The third kappa shape index (κ3) is 2.24. The fourth-order valence-electron chi connectivity index (χ4n) is 2.16. The molecule has 0 aromatic carbocycles. The van der Waals surface area contributed by atoms with E-state index < -0.39 is 21.5 Å². The van der Waals surface area contributed by atoms with Crippen molar-refractivity contribution in [2.24, 2.45) is 0 Å². The van der Waals surface area contributed by atoms with Gasteiger partial charge in [0.2, 0.25) is 5.69 Å². The lowest BCUT2D eigenvalue weighted by Gasteiger charge is -2.18. The summed E-state index contributed by atoms with van der Waals surface area (Å²) in [5.74, 6) is -0.868. The van der Waals surface area contributed by atoms with E-state index in [9.17, 15) is 20.2 Å². The molecule has 1 aromatic rings. The van der Waals surface area contributed by atoms with Crippen molar-refractivity contribution in [3.05, 3.63) is 20.2 Å². The Kier molecular flexibility index (Phi) is 3.40.